The summed E-state index contributed by atoms with van der Waals surface area (Å²) >= 11 is 0. The van der Waals surface area contributed by atoms with Crippen molar-refractivity contribution in [1.82, 2.24) is 74.4 Å². The van der Waals surface area contributed by atoms with Crippen LogP contribution in [0.2, 0.25) is 0 Å². The number of hydrogen-bond acceptors (Lipinski definition) is 16. The largest absolute Gasteiger partial charge is 0.471 e. The summed E-state index contributed by atoms with van der Waals surface area (Å²) in [4.78, 5) is 190. The van der Waals surface area contributed by atoms with Crippen molar-refractivity contribution in [3.63, 3.8) is 0 Å². The zero-order chi connectivity index (χ0) is 81.0. The molecule has 14 amide bonds. The van der Waals surface area contributed by atoms with Crippen LogP contribution in [0, 0.1) is 5.92 Å². The number of unbranched alkanes of at least 4 members (excludes halogenated alkanes) is 10. The van der Waals surface area contributed by atoms with Crippen molar-refractivity contribution in [2.45, 2.75) is 248 Å². The van der Waals surface area contributed by atoms with Gasteiger partial charge in [-0.05, 0) is 70.3 Å². The normalized spacial score (nSPS) is 20.3. The molecular formula is C65H96F12N14O16. The molecule has 1 saturated heterocycles. The second-order valence-electron chi connectivity index (χ2n) is 25.8. The number of carbonyl (C=O) groups is 14. The van der Waals surface area contributed by atoms with Crippen LogP contribution < -0.4 is 74.4 Å². The number of benzene rings is 1. The number of amides is 14. The zero-order valence-electron chi connectivity index (χ0n) is 59.4. The molecule has 0 aliphatic carbocycles. The smallest absolute Gasteiger partial charge is 0.391 e. The van der Waals surface area contributed by atoms with Crippen LogP contribution >= 0.6 is 0 Å². The van der Waals surface area contributed by atoms with Crippen LogP contribution in [0.3, 0.4) is 0 Å². The maximum atomic E-state index is 14.8. The summed E-state index contributed by atoms with van der Waals surface area (Å²) in [5.74, 6) is -25.0. The van der Waals surface area contributed by atoms with Gasteiger partial charge in [-0.3, -0.25) is 67.1 Å². The second kappa shape index (κ2) is 46.2. The third kappa shape index (κ3) is 36.8. The van der Waals surface area contributed by atoms with E-state index in [1.807, 2.05) is 10.6 Å². The van der Waals surface area contributed by atoms with E-state index >= 15 is 0 Å². The molecule has 0 bridgehead atoms. The number of aliphatic hydroxyl groups is 2. The molecule has 606 valence electrons. The van der Waals surface area contributed by atoms with E-state index in [2.05, 4.69) is 49.5 Å². The van der Waals surface area contributed by atoms with E-state index in [4.69, 9.17) is 0 Å². The predicted octanol–water partition coefficient (Wildman–Crippen LogP) is 0.895. The Morgan fingerprint density at radius 2 is 0.766 bits per heavy atom. The van der Waals surface area contributed by atoms with Crippen LogP contribution in [0.15, 0.2) is 30.3 Å². The lowest BCUT2D eigenvalue weighted by Gasteiger charge is -2.29. The molecule has 0 radical (unpaired) electrons. The SMILES string of the molecule is CCCCCCCCCCCCCC(=O)N[C@H](C(=O)N[C@@H](CCNC(=O)C(F)(F)F)C(=O)NCC[C@@H]1NC(=O)[C@H]([C@@H](C)O)NC(=O)[C@H](CCNC(=O)C(F)(F)F)NC(=O)[C@H](CCNC(=O)C(F)(F)F)NC(=O)[C@H](CC(C)C)NC(=O)[C@@H](Cc2ccccc2)NC(=O)[C@H](CCNC(=O)C(F)(F)F)NC1=O)[C@@H](C)O. The fourth-order valence-corrected chi connectivity index (χ4v) is 10.4. The summed E-state index contributed by atoms with van der Waals surface area (Å²) in [5, 5.41) is 49.1. The molecule has 1 aromatic rings. The molecule has 1 aliphatic heterocycles. The molecule has 0 saturated carbocycles. The molecule has 42 heteroatoms. The quantitative estimate of drug-likeness (QED) is 0.0325. The topological polar surface area (TPSA) is 448 Å². The fraction of sp³-hybridized carbons (Fsp3) is 0.692. The third-order valence-electron chi connectivity index (χ3n) is 16.2. The van der Waals surface area contributed by atoms with E-state index in [0.717, 1.165) is 71.6 Å². The van der Waals surface area contributed by atoms with Crippen LogP contribution in [0.25, 0.3) is 0 Å². The first-order chi connectivity index (χ1) is 49.9. The van der Waals surface area contributed by atoms with Crippen LogP contribution in [0.5, 0.6) is 0 Å². The van der Waals surface area contributed by atoms with E-state index < -0.39 is 258 Å². The molecule has 0 aromatic heterocycles. The van der Waals surface area contributed by atoms with Crippen molar-refractivity contribution < 1.29 is 130 Å². The number of nitrogens with one attached hydrogen (secondary N) is 14. The van der Waals surface area contributed by atoms with Crippen molar-refractivity contribution in [2.24, 2.45) is 5.92 Å². The van der Waals surface area contributed by atoms with Gasteiger partial charge in [-0.15, -0.1) is 0 Å². The molecular weight excluding hydrogens is 1460 g/mol. The van der Waals surface area contributed by atoms with Gasteiger partial charge in [0, 0.05) is 45.6 Å². The first-order valence-corrected chi connectivity index (χ1v) is 34.7. The highest BCUT2D eigenvalue weighted by Gasteiger charge is 2.44. The molecule has 1 heterocycles. The van der Waals surface area contributed by atoms with Crippen molar-refractivity contribution >= 4 is 82.7 Å². The minimum absolute atomic E-state index is 0.137. The van der Waals surface area contributed by atoms with Crippen molar-refractivity contribution in [3.8, 4) is 0 Å². The monoisotopic (exact) mass is 1560 g/mol. The number of aliphatic hydroxyl groups excluding tert-OH is 2. The summed E-state index contributed by atoms with van der Waals surface area (Å²) in [6, 6.07) is -11.9. The number of halogens is 12. The average Bonchev–Trinajstić information content (AvgIpc) is 1.44. The van der Waals surface area contributed by atoms with Gasteiger partial charge in [0.05, 0.1) is 12.2 Å². The lowest BCUT2D eigenvalue weighted by molar-refractivity contribution is -0.173. The van der Waals surface area contributed by atoms with Gasteiger partial charge in [0.1, 0.15) is 54.4 Å². The highest BCUT2D eigenvalue weighted by Crippen LogP contribution is 2.19. The Kier molecular flexibility index (Phi) is 40.5. The molecule has 1 fully saturated rings. The van der Waals surface area contributed by atoms with Crippen LogP contribution in [0.4, 0.5) is 52.7 Å². The Bertz CT molecular complexity index is 3110. The van der Waals surface area contributed by atoms with Crippen molar-refractivity contribution in [1.29, 1.82) is 0 Å². The summed E-state index contributed by atoms with van der Waals surface area (Å²) in [6.07, 6.45) is -21.9. The molecule has 0 spiro atoms. The number of rotatable bonds is 37. The summed E-state index contributed by atoms with van der Waals surface area (Å²) in [7, 11) is 0. The number of alkyl halides is 12. The molecule has 30 nitrogen and oxygen atoms in total. The second-order valence-corrected chi connectivity index (χ2v) is 25.8. The molecule has 2 rings (SSSR count). The first-order valence-electron chi connectivity index (χ1n) is 34.7. The summed E-state index contributed by atoms with van der Waals surface area (Å²) in [6.45, 7) is 1.51. The Hall–Kier alpha value is -9.12. The van der Waals surface area contributed by atoms with Crippen LogP contribution in [-0.2, 0) is 73.5 Å². The molecule has 11 atom stereocenters. The van der Waals surface area contributed by atoms with Crippen molar-refractivity contribution in [2.75, 3.05) is 32.7 Å². The van der Waals surface area contributed by atoms with Gasteiger partial charge in [0.25, 0.3) is 0 Å². The molecule has 1 aromatic carbocycles. The fourth-order valence-electron chi connectivity index (χ4n) is 10.4. The summed E-state index contributed by atoms with van der Waals surface area (Å²) < 4.78 is 161. The minimum Gasteiger partial charge on any atom is -0.391 e. The summed E-state index contributed by atoms with van der Waals surface area (Å²) in [5.41, 5.74) is 0.236. The van der Waals surface area contributed by atoms with E-state index in [-0.39, 0.29) is 12.0 Å². The number of carbonyl (C=O) groups excluding carboxylic acids is 14. The first kappa shape index (κ1) is 94.0. The van der Waals surface area contributed by atoms with Gasteiger partial charge in [-0.1, -0.05) is 115 Å². The van der Waals surface area contributed by atoms with Gasteiger partial charge < -0.3 is 84.6 Å². The van der Waals surface area contributed by atoms with E-state index in [9.17, 15) is 130 Å². The molecule has 16 N–H and O–H groups in total. The van der Waals surface area contributed by atoms with Crippen LogP contribution in [-0.4, -0.2) is 217 Å². The highest BCUT2D eigenvalue weighted by molar-refractivity contribution is 5.99. The Labute approximate surface area is 607 Å². The Morgan fingerprint density at radius 1 is 0.421 bits per heavy atom. The minimum atomic E-state index is -5.57. The maximum Gasteiger partial charge on any atom is 0.471 e. The van der Waals surface area contributed by atoms with Gasteiger partial charge in [0.2, 0.25) is 59.1 Å². The van der Waals surface area contributed by atoms with Crippen molar-refractivity contribution in [3.05, 3.63) is 35.9 Å². The Morgan fingerprint density at radius 3 is 1.16 bits per heavy atom. The lowest BCUT2D eigenvalue weighted by atomic mass is 10.00. The van der Waals surface area contributed by atoms with E-state index in [1.165, 1.54) is 65.4 Å². The molecule has 107 heavy (non-hydrogen) atoms. The molecule has 0 unspecified atom stereocenters. The number of hydrogen-bond donors (Lipinski definition) is 16. The van der Waals surface area contributed by atoms with E-state index in [1.54, 1.807) is 0 Å². The van der Waals surface area contributed by atoms with Gasteiger partial charge in [-0.2, -0.15) is 52.7 Å². The van der Waals surface area contributed by atoms with Gasteiger partial charge >= 0.3 is 48.3 Å². The average molecular weight is 1560 g/mol. The predicted molar refractivity (Wildman–Crippen MR) is 354 cm³/mol. The van der Waals surface area contributed by atoms with E-state index in [0.29, 0.717) is 12.8 Å². The van der Waals surface area contributed by atoms with Gasteiger partial charge in [0.15, 0.2) is 0 Å². The zero-order valence-corrected chi connectivity index (χ0v) is 59.4. The van der Waals surface area contributed by atoms with Gasteiger partial charge in [-0.25, -0.2) is 0 Å². The highest BCUT2D eigenvalue weighted by atomic mass is 19.4. The lowest BCUT2D eigenvalue weighted by Crippen LogP contribution is -2.62. The maximum absolute atomic E-state index is 14.8. The molecule has 1 aliphatic rings. The Balaban J connectivity index is 2.90. The standard InChI is InChI=1S/C65H96F12N14O16/c1-6-7-8-9-10-11-12-13-14-15-19-22-46(94)90-47(36(4)92)56(102)86-39(24-29-79-58(104)62(66,67)68)49(95)78-28-23-42-51(97)83-41(26-31-81-60(106)64(72,73)74)52(98)89-45(34-38-20-17-16-18-21-38)55(101)88-44(33-35(2)3)54(100)85-40(25-30-80-59(105)63(69,70)71)50(96)84-43(27-32-82-61(107)65(75,76)77)53(99)91-48(37(5)93)57(103)87-42/h16-18,20-21,35-37,39-45,47-48,92-93H,6-15,19,22-34H2,1-5H3,(H,78,95)(H,79,104)(H,80,105)(H,81,106)(H,82,107)(H,83,97)(H,84,96)(H,85,100)(H,86,102)(H,87,103)(H,88,101)(H,89,98)(H,90,94)(H,91,99)/t36-,37-,39+,40+,41+,42+,43+,44+,45-,47+,48+/m1/s1. The van der Waals surface area contributed by atoms with Crippen LogP contribution in [0.1, 0.15) is 156 Å². The third-order valence-corrected chi connectivity index (χ3v) is 16.2.